The quantitative estimate of drug-likeness (QED) is 0.719. The Labute approximate surface area is 143 Å². The predicted octanol–water partition coefficient (Wildman–Crippen LogP) is 2.53. The summed E-state index contributed by atoms with van der Waals surface area (Å²) in [6, 6.07) is 2.38. The SMILES string of the molecule is CC(CNC(=O)c1cc(S(=O)(=O)Cl)c(Br)cc1Cl)S(C)=O. The minimum absolute atomic E-state index is 0.0202. The van der Waals surface area contributed by atoms with Crippen molar-refractivity contribution in [2.75, 3.05) is 12.8 Å². The van der Waals surface area contributed by atoms with Gasteiger partial charge in [0.25, 0.3) is 15.0 Å². The molecule has 1 aromatic rings. The van der Waals surface area contributed by atoms with Crippen molar-refractivity contribution < 1.29 is 17.4 Å². The molecule has 0 aliphatic carbocycles. The number of hydrogen-bond donors (Lipinski definition) is 1. The topological polar surface area (TPSA) is 80.3 Å². The smallest absolute Gasteiger partial charge is 0.262 e. The molecule has 0 fully saturated rings. The number of carbonyl (C=O) groups is 1. The number of benzene rings is 1. The lowest BCUT2D eigenvalue weighted by atomic mass is 10.2. The van der Waals surface area contributed by atoms with Gasteiger partial charge >= 0.3 is 0 Å². The number of nitrogens with one attached hydrogen (secondary N) is 1. The number of rotatable bonds is 5. The fraction of sp³-hybridized carbons (Fsp3) is 0.364. The highest BCUT2D eigenvalue weighted by atomic mass is 79.9. The van der Waals surface area contributed by atoms with E-state index < -0.39 is 25.8 Å². The highest BCUT2D eigenvalue weighted by molar-refractivity contribution is 9.10. The number of carbonyl (C=O) groups excluding carboxylic acids is 1. The second-order valence-electron chi connectivity index (χ2n) is 4.22. The fourth-order valence-electron chi connectivity index (χ4n) is 1.34. The van der Waals surface area contributed by atoms with Crippen LogP contribution in [-0.4, -0.2) is 36.6 Å². The minimum atomic E-state index is -4.01. The van der Waals surface area contributed by atoms with Crippen molar-refractivity contribution in [2.24, 2.45) is 0 Å². The summed E-state index contributed by atoms with van der Waals surface area (Å²) in [6.45, 7) is 1.89. The molecule has 2 atom stereocenters. The van der Waals surface area contributed by atoms with Crippen LogP contribution in [0.15, 0.2) is 21.5 Å². The van der Waals surface area contributed by atoms with Crippen molar-refractivity contribution in [1.82, 2.24) is 5.32 Å². The van der Waals surface area contributed by atoms with Gasteiger partial charge in [-0.3, -0.25) is 9.00 Å². The van der Waals surface area contributed by atoms with Crippen molar-refractivity contribution >= 4 is 64.0 Å². The van der Waals surface area contributed by atoms with E-state index in [9.17, 15) is 17.4 Å². The highest BCUT2D eigenvalue weighted by Gasteiger charge is 2.21. The van der Waals surface area contributed by atoms with Gasteiger partial charge in [-0.15, -0.1) is 0 Å². The number of hydrogen-bond acceptors (Lipinski definition) is 4. The van der Waals surface area contributed by atoms with Crippen molar-refractivity contribution in [1.29, 1.82) is 0 Å². The Morgan fingerprint density at radius 1 is 1.48 bits per heavy atom. The minimum Gasteiger partial charge on any atom is -0.351 e. The molecule has 1 N–H and O–H groups in total. The second kappa shape index (κ2) is 7.41. The molecule has 0 aliphatic heterocycles. The van der Waals surface area contributed by atoms with Gasteiger partial charge in [0.15, 0.2) is 0 Å². The summed E-state index contributed by atoms with van der Waals surface area (Å²) in [6.07, 6.45) is 1.53. The van der Waals surface area contributed by atoms with E-state index in [0.717, 1.165) is 6.07 Å². The van der Waals surface area contributed by atoms with E-state index in [0.29, 0.717) is 0 Å². The third-order valence-electron chi connectivity index (χ3n) is 2.65. The molecule has 0 aromatic heterocycles. The summed E-state index contributed by atoms with van der Waals surface area (Å²) >= 11 is 8.96. The molecule has 1 rings (SSSR count). The molecular formula is C11H12BrCl2NO4S2. The predicted molar refractivity (Wildman–Crippen MR) is 88.1 cm³/mol. The van der Waals surface area contributed by atoms with Gasteiger partial charge in [0.05, 0.1) is 15.5 Å². The summed E-state index contributed by atoms with van der Waals surface area (Å²) < 4.78 is 34.2. The zero-order chi connectivity index (χ0) is 16.4. The Hall–Kier alpha value is -0.150. The van der Waals surface area contributed by atoms with Crippen LogP contribution >= 0.6 is 38.2 Å². The maximum atomic E-state index is 12.0. The number of halogens is 3. The number of amides is 1. The maximum Gasteiger partial charge on any atom is 0.262 e. The summed E-state index contributed by atoms with van der Waals surface area (Å²) in [5.41, 5.74) is -0.0202. The van der Waals surface area contributed by atoms with Crippen molar-refractivity contribution in [3.63, 3.8) is 0 Å². The first kappa shape index (κ1) is 18.9. The van der Waals surface area contributed by atoms with Crippen LogP contribution in [0.3, 0.4) is 0 Å². The molecule has 118 valence electrons. The molecule has 0 spiro atoms. The Kier molecular flexibility index (Phi) is 6.67. The average Bonchev–Trinajstić information content (AvgIpc) is 2.33. The lowest BCUT2D eigenvalue weighted by Crippen LogP contribution is -2.32. The van der Waals surface area contributed by atoms with E-state index in [1.807, 2.05) is 0 Å². The summed E-state index contributed by atoms with van der Waals surface area (Å²) in [4.78, 5) is 11.8. The molecule has 0 bridgehead atoms. The van der Waals surface area contributed by atoms with Gasteiger partial charge in [-0.1, -0.05) is 11.6 Å². The van der Waals surface area contributed by atoms with Crippen LogP contribution in [0.2, 0.25) is 5.02 Å². The van der Waals surface area contributed by atoms with Gasteiger partial charge in [0.2, 0.25) is 0 Å². The monoisotopic (exact) mass is 435 g/mol. The Morgan fingerprint density at radius 2 is 2.05 bits per heavy atom. The first-order chi connectivity index (χ1) is 9.54. The zero-order valence-electron chi connectivity index (χ0n) is 11.0. The highest BCUT2D eigenvalue weighted by Crippen LogP contribution is 2.30. The average molecular weight is 437 g/mol. The van der Waals surface area contributed by atoms with Crippen LogP contribution < -0.4 is 5.32 Å². The van der Waals surface area contributed by atoms with E-state index in [4.69, 9.17) is 22.3 Å². The van der Waals surface area contributed by atoms with E-state index in [1.54, 1.807) is 6.92 Å². The summed E-state index contributed by atoms with van der Waals surface area (Å²) in [7, 11) is 0.193. The van der Waals surface area contributed by atoms with Gasteiger partial charge in [0, 0.05) is 44.0 Å². The van der Waals surface area contributed by atoms with Crippen LogP contribution in [0.25, 0.3) is 0 Å². The van der Waals surface area contributed by atoms with Crippen molar-refractivity contribution in [2.45, 2.75) is 17.1 Å². The normalized spacial score (nSPS) is 14.5. The van der Waals surface area contributed by atoms with E-state index in [-0.39, 0.29) is 31.7 Å². The van der Waals surface area contributed by atoms with Crippen LogP contribution in [0, 0.1) is 0 Å². The van der Waals surface area contributed by atoms with Crippen LogP contribution in [0.1, 0.15) is 17.3 Å². The van der Waals surface area contributed by atoms with Gasteiger partial charge in [-0.2, -0.15) is 0 Å². The largest absolute Gasteiger partial charge is 0.351 e. The maximum absolute atomic E-state index is 12.0. The molecule has 10 heteroatoms. The Morgan fingerprint density at radius 3 is 2.52 bits per heavy atom. The Balaban J connectivity index is 3.08. The molecule has 0 radical (unpaired) electrons. The van der Waals surface area contributed by atoms with E-state index in [1.165, 1.54) is 12.3 Å². The van der Waals surface area contributed by atoms with Crippen LogP contribution in [0.4, 0.5) is 0 Å². The second-order valence-corrected chi connectivity index (χ2v) is 9.82. The molecule has 0 saturated heterocycles. The standard InChI is InChI=1S/C11H12BrCl2NO4S2/c1-6(20(2)17)5-15-11(16)7-3-10(21(14,18)19)8(12)4-9(7)13/h3-4,6H,5H2,1-2H3,(H,15,16). The third-order valence-corrected chi connectivity index (χ3v) is 6.54. The van der Waals surface area contributed by atoms with E-state index >= 15 is 0 Å². The first-order valence-electron chi connectivity index (χ1n) is 5.58. The lowest BCUT2D eigenvalue weighted by molar-refractivity contribution is 0.0954. The van der Waals surface area contributed by atoms with Crippen LogP contribution in [0.5, 0.6) is 0 Å². The molecule has 21 heavy (non-hydrogen) atoms. The summed E-state index contributed by atoms with van der Waals surface area (Å²) in [5, 5.41) is 2.39. The van der Waals surface area contributed by atoms with Gasteiger partial charge in [-0.05, 0) is 35.0 Å². The molecule has 0 saturated carbocycles. The molecule has 0 heterocycles. The molecule has 5 nitrogen and oxygen atoms in total. The molecule has 1 amide bonds. The summed E-state index contributed by atoms with van der Waals surface area (Å²) in [5.74, 6) is -0.564. The lowest BCUT2D eigenvalue weighted by Gasteiger charge is -2.12. The molecule has 2 unspecified atom stereocenters. The van der Waals surface area contributed by atoms with Gasteiger partial charge in [-0.25, -0.2) is 8.42 Å². The third kappa shape index (κ3) is 5.21. The first-order valence-corrected chi connectivity index (χ1v) is 10.7. The molecular weight excluding hydrogens is 425 g/mol. The molecule has 1 aromatic carbocycles. The van der Waals surface area contributed by atoms with Crippen LogP contribution in [-0.2, 0) is 19.9 Å². The Bertz CT molecular complexity index is 694. The van der Waals surface area contributed by atoms with E-state index in [2.05, 4.69) is 21.2 Å². The zero-order valence-corrected chi connectivity index (χ0v) is 15.8. The fourth-order valence-corrected chi connectivity index (χ4v) is 4.23. The van der Waals surface area contributed by atoms with Crippen molar-refractivity contribution in [3.05, 3.63) is 27.2 Å². The van der Waals surface area contributed by atoms with Gasteiger partial charge < -0.3 is 5.32 Å². The van der Waals surface area contributed by atoms with Gasteiger partial charge in [0.1, 0.15) is 0 Å². The van der Waals surface area contributed by atoms with Crippen molar-refractivity contribution in [3.8, 4) is 0 Å². The molecule has 0 aliphatic rings.